The number of hydrogen-bond donors (Lipinski definition) is 1. The van der Waals surface area contributed by atoms with Crippen molar-refractivity contribution in [1.82, 2.24) is 5.32 Å². The zero-order chi connectivity index (χ0) is 12.4. The molecule has 4 nitrogen and oxygen atoms in total. The monoisotopic (exact) mass is 248 g/mol. The van der Waals surface area contributed by atoms with E-state index in [1.54, 1.807) is 0 Å². The zero-order valence-electron chi connectivity index (χ0n) is 10.8. The van der Waals surface area contributed by atoms with Crippen LogP contribution in [0.25, 0.3) is 0 Å². The Kier molecular flexibility index (Phi) is 3.28. The molecule has 18 heavy (non-hydrogen) atoms. The van der Waals surface area contributed by atoms with Gasteiger partial charge in [-0.25, -0.2) is 0 Å². The number of rotatable bonds is 4. The van der Waals surface area contributed by atoms with Crippen molar-refractivity contribution in [3.63, 3.8) is 0 Å². The van der Waals surface area contributed by atoms with Gasteiger partial charge in [0.05, 0.1) is 0 Å². The molecule has 0 spiro atoms. The van der Waals surface area contributed by atoms with E-state index in [0.717, 1.165) is 18.0 Å². The van der Waals surface area contributed by atoms with E-state index < -0.39 is 0 Å². The van der Waals surface area contributed by atoms with Gasteiger partial charge in [-0.15, -0.1) is 0 Å². The fraction of sp³-hybridized carbons (Fsp3) is 0.571. The van der Waals surface area contributed by atoms with Crippen molar-refractivity contribution < 1.29 is 9.47 Å². The molecule has 1 aromatic rings. The summed E-state index contributed by atoms with van der Waals surface area (Å²) in [5.41, 5.74) is 1.19. The number of ether oxygens (including phenoxy) is 2. The summed E-state index contributed by atoms with van der Waals surface area (Å²) in [5, 5.41) is 3.53. The third-order valence-electron chi connectivity index (χ3n) is 3.77. The molecule has 98 valence electrons. The van der Waals surface area contributed by atoms with E-state index in [9.17, 15) is 0 Å². The molecule has 1 atom stereocenters. The molecule has 0 bridgehead atoms. The topological polar surface area (TPSA) is 33.7 Å². The number of nitrogens with one attached hydrogen (secondary N) is 1. The molecule has 2 heterocycles. The van der Waals surface area contributed by atoms with E-state index in [1.807, 2.05) is 6.07 Å². The van der Waals surface area contributed by atoms with Crippen molar-refractivity contribution in [3.05, 3.63) is 18.2 Å². The predicted molar refractivity (Wildman–Crippen MR) is 71.5 cm³/mol. The Morgan fingerprint density at radius 2 is 2.22 bits per heavy atom. The van der Waals surface area contributed by atoms with Gasteiger partial charge in [-0.1, -0.05) is 0 Å². The van der Waals surface area contributed by atoms with E-state index in [0.29, 0.717) is 12.8 Å². The highest BCUT2D eigenvalue weighted by atomic mass is 16.7. The molecule has 1 saturated heterocycles. The van der Waals surface area contributed by atoms with Gasteiger partial charge in [-0.2, -0.15) is 0 Å². The second kappa shape index (κ2) is 5.06. The van der Waals surface area contributed by atoms with Gasteiger partial charge in [0.2, 0.25) is 6.79 Å². The first-order chi connectivity index (χ1) is 8.83. The minimum Gasteiger partial charge on any atom is -0.454 e. The molecule has 0 aromatic heterocycles. The van der Waals surface area contributed by atoms with Crippen LogP contribution in [0.3, 0.4) is 0 Å². The average molecular weight is 248 g/mol. The lowest BCUT2D eigenvalue weighted by Crippen LogP contribution is -2.28. The molecule has 1 aromatic carbocycles. The zero-order valence-corrected chi connectivity index (χ0v) is 10.8. The fourth-order valence-electron chi connectivity index (χ4n) is 2.60. The minimum absolute atomic E-state index is 0.342. The van der Waals surface area contributed by atoms with Crippen LogP contribution < -0.4 is 19.7 Å². The second-order valence-electron chi connectivity index (χ2n) is 5.04. The third kappa shape index (κ3) is 2.38. The lowest BCUT2D eigenvalue weighted by molar-refractivity contribution is 0.174. The molecule has 1 N–H and O–H groups in total. The van der Waals surface area contributed by atoms with Crippen LogP contribution in [0.1, 0.15) is 19.3 Å². The average Bonchev–Trinajstić information content (AvgIpc) is 3.05. The van der Waals surface area contributed by atoms with Crippen molar-refractivity contribution in [2.75, 3.05) is 31.8 Å². The highest BCUT2D eigenvalue weighted by molar-refractivity contribution is 5.56. The summed E-state index contributed by atoms with van der Waals surface area (Å²) >= 11 is 0. The Labute approximate surface area is 108 Å². The number of anilines is 1. The quantitative estimate of drug-likeness (QED) is 0.883. The Bertz CT molecular complexity index is 416. The van der Waals surface area contributed by atoms with E-state index in [4.69, 9.17) is 9.47 Å². The van der Waals surface area contributed by atoms with Crippen LogP contribution in [0.2, 0.25) is 0 Å². The van der Waals surface area contributed by atoms with Gasteiger partial charge in [-0.3, -0.25) is 0 Å². The van der Waals surface area contributed by atoms with Crippen molar-refractivity contribution in [2.24, 2.45) is 0 Å². The van der Waals surface area contributed by atoms with Crippen LogP contribution in [-0.2, 0) is 0 Å². The standard InChI is InChI=1S/C14H20N2O2/c1-16(8-6-11-3-2-7-15-11)12-4-5-13-14(9-12)18-10-17-13/h4-5,9,11,15H,2-3,6-8,10H2,1H3. The van der Waals surface area contributed by atoms with Gasteiger partial charge in [0.15, 0.2) is 11.5 Å². The molecule has 0 saturated carbocycles. The van der Waals surface area contributed by atoms with Crippen LogP contribution in [-0.4, -0.2) is 33.0 Å². The molecular formula is C14H20N2O2. The smallest absolute Gasteiger partial charge is 0.231 e. The second-order valence-corrected chi connectivity index (χ2v) is 5.04. The largest absolute Gasteiger partial charge is 0.454 e. The highest BCUT2D eigenvalue weighted by Crippen LogP contribution is 2.35. The molecular weight excluding hydrogens is 228 g/mol. The molecule has 2 aliphatic heterocycles. The van der Waals surface area contributed by atoms with Gasteiger partial charge in [0, 0.05) is 31.4 Å². The van der Waals surface area contributed by atoms with E-state index >= 15 is 0 Å². The molecule has 1 fully saturated rings. The van der Waals surface area contributed by atoms with Crippen molar-refractivity contribution >= 4 is 5.69 Å². The maximum Gasteiger partial charge on any atom is 0.231 e. The van der Waals surface area contributed by atoms with Crippen LogP contribution in [0.5, 0.6) is 11.5 Å². The molecule has 4 heteroatoms. The summed E-state index contributed by atoms with van der Waals surface area (Å²) < 4.78 is 10.7. The van der Waals surface area contributed by atoms with Crippen LogP contribution in [0.15, 0.2) is 18.2 Å². The Morgan fingerprint density at radius 3 is 3.06 bits per heavy atom. The lowest BCUT2D eigenvalue weighted by atomic mass is 10.1. The van der Waals surface area contributed by atoms with Crippen molar-refractivity contribution in [2.45, 2.75) is 25.3 Å². The Morgan fingerprint density at radius 1 is 1.33 bits per heavy atom. The van der Waals surface area contributed by atoms with Gasteiger partial charge in [-0.05, 0) is 37.9 Å². The van der Waals surface area contributed by atoms with Gasteiger partial charge >= 0.3 is 0 Å². The Hall–Kier alpha value is -1.42. The van der Waals surface area contributed by atoms with E-state index in [2.05, 4.69) is 29.4 Å². The number of hydrogen-bond acceptors (Lipinski definition) is 4. The van der Waals surface area contributed by atoms with Crippen LogP contribution in [0.4, 0.5) is 5.69 Å². The van der Waals surface area contributed by atoms with Gasteiger partial charge in [0.1, 0.15) is 0 Å². The predicted octanol–water partition coefficient (Wildman–Crippen LogP) is 1.99. The molecule has 0 aliphatic carbocycles. The summed E-state index contributed by atoms with van der Waals surface area (Å²) in [5.74, 6) is 1.71. The third-order valence-corrected chi connectivity index (χ3v) is 3.77. The number of benzene rings is 1. The summed E-state index contributed by atoms with van der Waals surface area (Å²) in [4.78, 5) is 2.28. The first kappa shape index (κ1) is 11.7. The summed E-state index contributed by atoms with van der Waals surface area (Å²) in [6.45, 7) is 2.59. The van der Waals surface area contributed by atoms with Crippen LogP contribution in [0, 0.1) is 0 Å². The fourth-order valence-corrected chi connectivity index (χ4v) is 2.60. The summed E-state index contributed by atoms with van der Waals surface area (Å²) in [6, 6.07) is 6.84. The van der Waals surface area contributed by atoms with Crippen LogP contribution >= 0.6 is 0 Å². The highest BCUT2D eigenvalue weighted by Gasteiger charge is 2.17. The number of nitrogens with zero attached hydrogens (tertiary/aromatic N) is 1. The molecule has 0 radical (unpaired) electrons. The summed E-state index contributed by atoms with van der Waals surface area (Å²) in [7, 11) is 2.13. The van der Waals surface area contributed by atoms with Gasteiger partial charge in [0.25, 0.3) is 0 Å². The Balaban J connectivity index is 1.59. The molecule has 3 rings (SSSR count). The minimum atomic E-state index is 0.342. The molecule has 0 amide bonds. The summed E-state index contributed by atoms with van der Waals surface area (Å²) in [6.07, 6.45) is 3.83. The maximum absolute atomic E-state index is 5.41. The van der Waals surface area contributed by atoms with Gasteiger partial charge < -0.3 is 19.7 Å². The van der Waals surface area contributed by atoms with Crippen molar-refractivity contribution in [3.8, 4) is 11.5 Å². The lowest BCUT2D eigenvalue weighted by Gasteiger charge is -2.21. The van der Waals surface area contributed by atoms with Crippen molar-refractivity contribution in [1.29, 1.82) is 0 Å². The van der Waals surface area contributed by atoms with E-state index in [1.165, 1.54) is 31.5 Å². The maximum atomic E-state index is 5.41. The first-order valence-electron chi connectivity index (χ1n) is 6.67. The first-order valence-corrected chi connectivity index (χ1v) is 6.67. The molecule has 1 unspecified atom stereocenters. The number of fused-ring (bicyclic) bond motifs is 1. The van der Waals surface area contributed by atoms with E-state index in [-0.39, 0.29) is 0 Å². The SMILES string of the molecule is CN(CCC1CCCN1)c1ccc2c(c1)OCO2. The molecule has 2 aliphatic rings. The normalized spacial score (nSPS) is 21.3.